The first kappa shape index (κ1) is 15.1. The zero-order chi connectivity index (χ0) is 15.4. The molecular weight excluding hydrogens is 340 g/mol. The molecule has 0 bridgehead atoms. The second kappa shape index (κ2) is 6.45. The van der Waals surface area contributed by atoms with Gasteiger partial charge in [0.25, 0.3) is 5.69 Å². The minimum absolute atomic E-state index is 0.00726. The predicted molar refractivity (Wildman–Crippen MR) is 82.8 cm³/mol. The van der Waals surface area contributed by atoms with Crippen molar-refractivity contribution >= 4 is 27.3 Å². The standard InChI is InChI=1S/C14H13BrN2O4/c1-21-11-4-2-9(14(18)7-11)8-16-10-3-5-13(17(19)20)12(15)6-10/h2-7,16,18H,8H2,1H3. The third-order valence-electron chi connectivity index (χ3n) is 2.92. The van der Waals surface area contributed by atoms with Gasteiger partial charge in [-0.3, -0.25) is 10.1 Å². The number of benzene rings is 2. The number of aromatic hydroxyl groups is 1. The van der Waals surface area contributed by atoms with Gasteiger partial charge in [0, 0.05) is 29.9 Å². The first-order valence-electron chi connectivity index (χ1n) is 6.05. The normalized spacial score (nSPS) is 10.2. The highest BCUT2D eigenvalue weighted by Crippen LogP contribution is 2.29. The molecule has 0 aliphatic rings. The molecule has 2 rings (SSSR count). The second-order valence-electron chi connectivity index (χ2n) is 4.27. The molecule has 2 aromatic carbocycles. The van der Waals surface area contributed by atoms with Crippen LogP contribution in [0.3, 0.4) is 0 Å². The first-order valence-corrected chi connectivity index (χ1v) is 6.84. The van der Waals surface area contributed by atoms with Gasteiger partial charge in [-0.1, -0.05) is 0 Å². The molecule has 0 saturated heterocycles. The van der Waals surface area contributed by atoms with E-state index in [9.17, 15) is 15.2 Å². The third kappa shape index (κ3) is 3.63. The van der Waals surface area contributed by atoms with Gasteiger partial charge in [-0.25, -0.2) is 0 Å². The van der Waals surface area contributed by atoms with Crippen LogP contribution in [0.15, 0.2) is 40.9 Å². The van der Waals surface area contributed by atoms with Crippen molar-refractivity contribution in [3.63, 3.8) is 0 Å². The number of methoxy groups -OCH3 is 1. The smallest absolute Gasteiger partial charge is 0.283 e. The molecular formula is C14H13BrN2O4. The van der Waals surface area contributed by atoms with Crippen molar-refractivity contribution in [3.05, 3.63) is 56.5 Å². The Kier molecular flexibility index (Phi) is 4.64. The van der Waals surface area contributed by atoms with E-state index in [1.807, 2.05) is 0 Å². The molecule has 0 unspecified atom stereocenters. The molecule has 0 amide bonds. The summed E-state index contributed by atoms with van der Waals surface area (Å²) in [5.74, 6) is 0.706. The van der Waals surface area contributed by atoms with Crippen molar-refractivity contribution in [2.24, 2.45) is 0 Å². The van der Waals surface area contributed by atoms with Crippen LogP contribution in [0.1, 0.15) is 5.56 Å². The molecule has 0 aromatic heterocycles. The van der Waals surface area contributed by atoms with Gasteiger partial charge in [0.1, 0.15) is 11.5 Å². The number of phenolic OH excluding ortho intramolecular Hbond substituents is 1. The first-order chi connectivity index (χ1) is 10.0. The molecule has 21 heavy (non-hydrogen) atoms. The average Bonchev–Trinajstić information content (AvgIpc) is 2.45. The van der Waals surface area contributed by atoms with Crippen LogP contribution in [0, 0.1) is 10.1 Å². The largest absolute Gasteiger partial charge is 0.507 e. The number of nitro groups is 1. The van der Waals surface area contributed by atoms with Gasteiger partial charge in [-0.05, 0) is 40.2 Å². The monoisotopic (exact) mass is 352 g/mol. The number of rotatable bonds is 5. The average molecular weight is 353 g/mol. The summed E-state index contributed by atoms with van der Waals surface area (Å²) in [6, 6.07) is 9.69. The van der Waals surface area contributed by atoms with Gasteiger partial charge in [-0.15, -0.1) is 0 Å². The quantitative estimate of drug-likeness (QED) is 0.633. The number of hydrogen-bond donors (Lipinski definition) is 2. The minimum Gasteiger partial charge on any atom is -0.507 e. The number of nitrogens with zero attached hydrogens (tertiary/aromatic N) is 1. The molecule has 2 aromatic rings. The van der Waals surface area contributed by atoms with Crippen molar-refractivity contribution in [2.75, 3.05) is 12.4 Å². The van der Waals surface area contributed by atoms with E-state index in [1.165, 1.54) is 19.2 Å². The maximum Gasteiger partial charge on any atom is 0.283 e. The Morgan fingerprint density at radius 3 is 2.67 bits per heavy atom. The van der Waals surface area contributed by atoms with E-state index in [1.54, 1.807) is 24.3 Å². The molecule has 110 valence electrons. The third-order valence-corrected chi connectivity index (χ3v) is 3.55. The Bertz CT molecular complexity index is 676. The van der Waals surface area contributed by atoms with E-state index in [-0.39, 0.29) is 11.4 Å². The van der Waals surface area contributed by atoms with Gasteiger partial charge < -0.3 is 15.2 Å². The van der Waals surface area contributed by atoms with E-state index in [0.29, 0.717) is 28.0 Å². The van der Waals surface area contributed by atoms with Crippen molar-refractivity contribution in [3.8, 4) is 11.5 Å². The molecule has 2 N–H and O–H groups in total. The van der Waals surface area contributed by atoms with Crippen LogP contribution < -0.4 is 10.1 Å². The van der Waals surface area contributed by atoms with E-state index in [4.69, 9.17) is 4.74 Å². The zero-order valence-electron chi connectivity index (χ0n) is 11.2. The number of nitro benzene ring substituents is 1. The van der Waals surface area contributed by atoms with Gasteiger partial charge in [0.2, 0.25) is 0 Å². The van der Waals surface area contributed by atoms with Gasteiger partial charge in [0.05, 0.1) is 16.5 Å². The van der Waals surface area contributed by atoms with Gasteiger partial charge in [0.15, 0.2) is 0 Å². The van der Waals surface area contributed by atoms with E-state index in [0.717, 1.165) is 0 Å². The summed E-state index contributed by atoms with van der Waals surface area (Å²) in [5.41, 5.74) is 1.42. The van der Waals surface area contributed by atoms with Crippen LogP contribution in [0.25, 0.3) is 0 Å². The number of phenols is 1. The fraction of sp³-hybridized carbons (Fsp3) is 0.143. The molecule has 0 heterocycles. The maximum atomic E-state index is 10.7. The Labute approximate surface area is 129 Å². The molecule has 6 nitrogen and oxygen atoms in total. The SMILES string of the molecule is COc1ccc(CNc2ccc([N+](=O)[O-])c(Br)c2)c(O)c1. The van der Waals surface area contributed by atoms with E-state index >= 15 is 0 Å². The Morgan fingerprint density at radius 2 is 2.10 bits per heavy atom. The molecule has 0 fully saturated rings. The highest BCUT2D eigenvalue weighted by atomic mass is 79.9. The molecule has 0 aliphatic heterocycles. The number of nitrogens with one attached hydrogen (secondary N) is 1. The molecule has 0 saturated carbocycles. The lowest BCUT2D eigenvalue weighted by atomic mass is 10.2. The summed E-state index contributed by atoms with van der Waals surface area (Å²) < 4.78 is 5.41. The lowest BCUT2D eigenvalue weighted by Crippen LogP contribution is -2.00. The summed E-state index contributed by atoms with van der Waals surface area (Å²) in [6.45, 7) is 0.389. The molecule has 7 heteroatoms. The summed E-state index contributed by atoms with van der Waals surface area (Å²) in [5, 5.41) is 23.7. The second-order valence-corrected chi connectivity index (χ2v) is 5.13. The van der Waals surface area contributed by atoms with Crippen LogP contribution in [0.5, 0.6) is 11.5 Å². The summed E-state index contributed by atoms with van der Waals surface area (Å²) >= 11 is 3.16. The fourth-order valence-corrected chi connectivity index (χ4v) is 2.31. The topological polar surface area (TPSA) is 84.6 Å². The summed E-state index contributed by atoms with van der Waals surface area (Å²) in [6.07, 6.45) is 0. The maximum absolute atomic E-state index is 10.7. The Morgan fingerprint density at radius 1 is 1.33 bits per heavy atom. The van der Waals surface area contributed by atoms with Crippen LogP contribution in [-0.4, -0.2) is 17.1 Å². The molecule has 0 aliphatic carbocycles. The molecule has 0 spiro atoms. The predicted octanol–water partition coefficient (Wildman–Crippen LogP) is 3.68. The highest BCUT2D eigenvalue weighted by Gasteiger charge is 2.11. The van der Waals surface area contributed by atoms with Gasteiger partial charge in [-0.2, -0.15) is 0 Å². The molecule has 0 atom stereocenters. The van der Waals surface area contributed by atoms with E-state index in [2.05, 4.69) is 21.2 Å². The van der Waals surface area contributed by atoms with Gasteiger partial charge >= 0.3 is 0 Å². The lowest BCUT2D eigenvalue weighted by Gasteiger charge is -2.10. The fourth-order valence-electron chi connectivity index (χ4n) is 1.78. The lowest BCUT2D eigenvalue weighted by molar-refractivity contribution is -0.385. The van der Waals surface area contributed by atoms with Crippen LogP contribution in [0.4, 0.5) is 11.4 Å². The zero-order valence-corrected chi connectivity index (χ0v) is 12.8. The van der Waals surface area contributed by atoms with Crippen molar-refractivity contribution in [1.29, 1.82) is 0 Å². The van der Waals surface area contributed by atoms with Crippen molar-refractivity contribution in [1.82, 2.24) is 0 Å². The number of halogens is 1. The Balaban J connectivity index is 2.10. The van der Waals surface area contributed by atoms with Crippen molar-refractivity contribution < 1.29 is 14.8 Å². The minimum atomic E-state index is -0.455. The summed E-state index contributed by atoms with van der Waals surface area (Å²) in [7, 11) is 1.53. The Hall–Kier alpha value is -2.28. The van der Waals surface area contributed by atoms with E-state index < -0.39 is 4.92 Å². The van der Waals surface area contributed by atoms with Crippen LogP contribution in [-0.2, 0) is 6.54 Å². The van der Waals surface area contributed by atoms with Crippen molar-refractivity contribution in [2.45, 2.75) is 6.54 Å². The van der Waals surface area contributed by atoms with Crippen LogP contribution >= 0.6 is 15.9 Å². The number of anilines is 1. The number of ether oxygens (including phenoxy) is 1. The highest BCUT2D eigenvalue weighted by molar-refractivity contribution is 9.10. The molecule has 0 radical (unpaired) electrons. The van der Waals surface area contributed by atoms with Crippen LogP contribution in [0.2, 0.25) is 0 Å². The number of hydrogen-bond acceptors (Lipinski definition) is 5. The summed E-state index contributed by atoms with van der Waals surface area (Å²) in [4.78, 5) is 10.3.